The molecular weight excluding hydrogens is 265 g/mol. The lowest BCUT2D eigenvalue weighted by Crippen LogP contribution is -2.47. The van der Waals surface area contributed by atoms with Gasteiger partial charge in [-0.25, -0.2) is 0 Å². The molecule has 0 aromatic carbocycles. The van der Waals surface area contributed by atoms with Gasteiger partial charge in [-0.2, -0.15) is 18.4 Å². The summed E-state index contributed by atoms with van der Waals surface area (Å²) in [6, 6.07) is 2.22. The Balaban J connectivity index is 2.25. The summed E-state index contributed by atoms with van der Waals surface area (Å²) in [5, 5.41) is 9.54. The van der Waals surface area contributed by atoms with Crippen LogP contribution in [0.15, 0.2) is 24.3 Å². The van der Waals surface area contributed by atoms with Gasteiger partial charge in [-0.15, -0.1) is 0 Å². The van der Waals surface area contributed by atoms with Gasteiger partial charge >= 0.3 is 6.18 Å². The van der Waals surface area contributed by atoms with Crippen molar-refractivity contribution in [3.05, 3.63) is 24.3 Å². The van der Waals surface area contributed by atoms with Gasteiger partial charge in [0.25, 0.3) is 0 Å². The van der Waals surface area contributed by atoms with E-state index in [2.05, 4.69) is 11.0 Å². The van der Waals surface area contributed by atoms with Crippen LogP contribution in [0.5, 0.6) is 0 Å². The summed E-state index contributed by atoms with van der Waals surface area (Å²) in [7, 11) is 0. The van der Waals surface area contributed by atoms with Gasteiger partial charge in [0.1, 0.15) is 0 Å². The molecule has 2 atom stereocenters. The summed E-state index contributed by atoms with van der Waals surface area (Å²) < 4.78 is 39.6. The van der Waals surface area contributed by atoms with Crippen LogP contribution >= 0.6 is 0 Å². The molecule has 1 fully saturated rings. The molecule has 2 rings (SSSR count). The molecular formula is C15H19F3N2. The van der Waals surface area contributed by atoms with Gasteiger partial charge < -0.3 is 4.90 Å². The molecule has 1 aliphatic carbocycles. The molecule has 0 bridgehead atoms. The van der Waals surface area contributed by atoms with Crippen molar-refractivity contribution in [2.75, 3.05) is 19.6 Å². The molecule has 20 heavy (non-hydrogen) atoms. The average Bonchev–Trinajstić information content (AvgIpc) is 2.46. The quantitative estimate of drug-likeness (QED) is 0.775. The molecule has 0 N–H and O–H groups in total. The Labute approximate surface area is 117 Å². The summed E-state index contributed by atoms with van der Waals surface area (Å²) in [6.07, 6.45) is 2.55. The van der Waals surface area contributed by atoms with Crippen LogP contribution in [0, 0.1) is 28.6 Å². The maximum absolute atomic E-state index is 13.2. The van der Waals surface area contributed by atoms with Crippen LogP contribution < -0.4 is 0 Å². The SMILES string of the molecule is CCN1CCC(C#N)(C2C=CC=CC2C(F)(F)F)CC1. The molecule has 0 aromatic rings. The van der Waals surface area contributed by atoms with Gasteiger partial charge in [-0.3, -0.25) is 0 Å². The average molecular weight is 284 g/mol. The zero-order valence-electron chi connectivity index (χ0n) is 11.5. The Bertz CT molecular complexity index is 437. The highest BCUT2D eigenvalue weighted by Crippen LogP contribution is 2.49. The Kier molecular flexibility index (Phi) is 4.24. The van der Waals surface area contributed by atoms with E-state index < -0.39 is 23.4 Å². The highest BCUT2D eigenvalue weighted by Gasteiger charge is 2.52. The summed E-state index contributed by atoms with van der Waals surface area (Å²) in [4.78, 5) is 2.18. The number of allylic oxidation sites excluding steroid dienone is 4. The lowest BCUT2D eigenvalue weighted by molar-refractivity contribution is -0.179. The Morgan fingerprint density at radius 2 is 1.85 bits per heavy atom. The number of nitrogens with zero attached hydrogens (tertiary/aromatic N) is 2. The maximum Gasteiger partial charge on any atom is 0.395 e. The van der Waals surface area contributed by atoms with Gasteiger partial charge in [0.15, 0.2) is 0 Å². The van der Waals surface area contributed by atoms with Crippen LogP contribution in [0.1, 0.15) is 19.8 Å². The molecule has 0 spiro atoms. The topological polar surface area (TPSA) is 27.0 Å². The molecule has 0 amide bonds. The molecule has 2 aliphatic rings. The summed E-state index contributed by atoms with van der Waals surface area (Å²) >= 11 is 0. The van der Waals surface area contributed by atoms with Crippen molar-refractivity contribution < 1.29 is 13.2 Å². The fraction of sp³-hybridized carbons (Fsp3) is 0.667. The molecule has 0 saturated carbocycles. The third-order valence-electron chi connectivity index (χ3n) is 4.57. The van der Waals surface area contributed by atoms with Crippen LogP contribution in [0.25, 0.3) is 0 Å². The first-order valence-corrected chi connectivity index (χ1v) is 6.98. The first kappa shape index (κ1) is 15.1. The maximum atomic E-state index is 13.2. The second-order valence-electron chi connectivity index (χ2n) is 5.57. The Hall–Kier alpha value is -1.28. The van der Waals surface area contributed by atoms with Crippen LogP contribution in [0.4, 0.5) is 13.2 Å². The van der Waals surface area contributed by atoms with Gasteiger partial charge in [-0.1, -0.05) is 31.2 Å². The number of nitriles is 1. The minimum Gasteiger partial charge on any atom is -0.303 e. The highest BCUT2D eigenvalue weighted by atomic mass is 19.4. The van der Waals surface area contributed by atoms with Crippen molar-refractivity contribution >= 4 is 0 Å². The largest absolute Gasteiger partial charge is 0.395 e. The van der Waals surface area contributed by atoms with Crippen molar-refractivity contribution in [3.8, 4) is 6.07 Å². The fourth-order valence-electron chi connectivity index (χ4n) is 3.24. The zero-order chi connectivity index (χ0) is 14.8. The first-order chi connectivity index (χ1) is 9.43. The molecule has 1 heterocycles. The minimum atomic E-state index is -4.29. The molecule has 0 aromatic heterocycles. The number of alkyl halides is 3. The van der Waals surface area contributed by atoms with Crippen LogP contribution in [0.3, 0.4) is 0 Å². The van der Waals surface area contributed by atoms with E-state index in [9.17, 15) is 18.4 Å². The number of rotatable bonds is 2. The van der Waals surface area contributed by atoms with E-state index in [4.69, 9.17) is 0 Å². The summed E-state index contributed by atoms with van der Waals surface area (Å²) in [5.41, 5.74) is -0.896. The summed E-state index contributed by atoms with van der Waals surface area (Å²) in [6.45, 7) is 4.30. The van der Waals surface area contributed by atoms with Gasteiger partial charge in [0.2, 0.25) is 0 Å². The van der Waals surface area contributed by atoms with E-state index in [0.717, 1.165) is 6.54 Å². The van der Waals surface area contributed by atoms with Gasteiger partial charge in [-0.05, 0) is 32.5 Å². The lowest BCUT2D eigenvalue weighted by Gasteiger charge is -2.44. The number of hydrogen-bond acceptors (Lipinski definition) is 2. The van der Waals surface area contributed by atoms with Crippen molar-refractivity contribution in [2.45, 2.75) is 25.9 Å². The normalized spacial score (nSPS) is 30.1. The Morgan fingerprint density at radius 3 is 2.35 bits per heavy atom. The highest BCUT2D eigenvalue weighted by molar-refractivity contribution is 5.23. The molecule has 0 radical (unpaired) electrons. The molecule has 2 unspecified atom stereocenters. The predicted molar refractivity (Wildman–Crippen MR) is 70.7 cm³/mol. The van der Waals surface area contributed by atoms with Crippen LogP contribution in [-0.2, 0) is 0 Å². The molecule has 5 heteroatoms. The van der Waals surface area contributed by atoms with Crippen molar-refractivity contribution in [3.63, 3.8) is 0 Å². The molecule has 1 aliphatic heterocycles. The smallest absolute Gasteiger partial charge is 0.303 e. The van der Waals surface area contributed by atoms with E-state index in [1.807, 2.05) is 6.92 Å². The third-order valence-corrected chi connectivity index (χ3v) is 4.57. The third kappa shape index (κ3) is 2.76. The van der Waals surface area contributed by atoms with Crippen molar-refractivity contribution in [1.29, 1.82) is 5.26 Å². The van der Waals surface area contributed by atoms with E-state index in [1.165, 1.54) is 12.2 Å². The van der Waals surface area contributed by atoms with Crippen LogP contribution in [0.2, 0.25) is 0 Å². The van der Waals surface area contributed by atoms with E-state index in [1.54, 1.807) is 12.2 Å². The summed E-state index contributed by atoms with van der Waals surface area (Å²) in [5.74, 6) is -2.31. The van der Waals surface area contributed by atoms with E-state index >= 15 is 0 Å². The van der Waals surface area contributed by atoms with E-state index in [-0.39, 0.29) is 0 Å². The van der Waals surface area contributed by atoms with E-state index in [0.29, 0.717) is 25.9 Å². The second kappa shape index (κ2) is 5.61. The second-order valence-corrected chi connectivity index (χ2v) is 5.57. The number of likely N-dealkylation sites (tertiary alicyclic amines) is 1. The first-order valence-electron chi connectivity index (χ1n) is 6.98. The standard InChI is InChI=1S/C15H19F3N2/c1-2-20-9-7-14(11-19,8-10-20)12-5-3-4-6-13(12)15(16,17)18/h3-6,12-13H,2,7-10H2,1H3. The zero-order valence-corrected chi connectivity index (χ0v) is 11.5. The number of hydrogen-bond donors (Lipinski definition) is 0. The Morgan fingerprint density at radius 1 is 1.25 bits per heavy atom. The number of piperidine rings is 1. The molecule has 1 saturated heterocycles. The predicted octanol–water partition coefficient (Wildman–Crippen LogP) is 3.53. The minimum absolute atomic E-state index is 0.507. The molecule has 2 nitrogen and oxygen atoms in total. The van der Waals surface area contributed by atoms with Crippen molar-refractivity contribution in [2.24, 2.45) is 17.3 Å². The van der Waals surface area contributed by atoms with Gasteiger partial charge in [0.05, 0.1) is 17.4 Å². The molecule has 110 valence electrons. The number of halogens is 3. The van der Waals surface area contributed by atoms with Crippen LogP contribution in [-0.4, -0.2) is 30.7 Å². The fourth-order valence-corrected chi connectivity index (χ4v) is 3.24. The monoisotopic (exact) mass is 284 g/mol. The van der Waals surface area contributed by atoms with Crippen molar-refractivity contribution in [1.82, 2.24) is 4.90 Å². The lowest BCUT2D eigenvalue weighted by atomic mass is 9.63. The van der Waals surface area contributed by atoms with Gasteiger partial charge in [0, 0.05) is 5.92 Å².